The van der Waals surface area contributed by atoms with Crippen LogP contribution in [0, 0.1) is 46.3 Å². The van der Waals surface area contributed by atoms with E-state index in [1.165, 1.54) is 51.4 Å². The molecule has 0 aromatic rings. The van der Waals surface area contributed by atoms with Crippen molar-refractivity contribution >= 4 is 0 Å². The van der Waals surface area contributed by atoms with E-state index < -0.39 is 0 Å². The fourth-order valence-electron chi connectivity index (χ4n) is 10.4. The number of ether oxygens (including phenoxy) is 3. The van der Waals surface area contributed by atoms with Crippen LogP contribution >= 0.6 is 0 Å². The minimum atomic E-state index is 0.191. The Morgan fingerprint density at radius 1 is 0.805 bits per heavy atom. The molecule has 0 aliphatic heterocycles. The van der Waals surface area contributed by atoms with Gasteiger partial charge >= 0.3 is 0 Å². The van der Waals surface area contributed by atoms with Crippen LogP contribution < -0.4 is 22.5 Å². The third-order valence-corrected chi connectivity index (χ3v) is 12.6. The summed E-state index contributed by atoms with van der Waals surface area (Å²) in [5.74, 6) is 3.94. The molecule has 11 atom stereocenters. The topological polar surface area (TPSA) is 118 Å². The summed E-state index contributed by atoms with van der Waals surface area (Å²) in [4.78, 5) is 0. The van der Waals surface area contributed by atoms with Crippen LogP contribution in [-0.4, -0.2) is 71.4 Å². The zero-order chi connectivity index (χ0) is 29.5. The first-order chi connectivity index (χ1) is 19.8. The second-order valence-corrected chi connectivity index (χ2v) is 14.7. The fraction of sp³-hybridized carbons (Fsp3) is 1.00. The Kier molecular flexibility index (Phi) is 12.8. The van der Waals surface area contributed by atoms with Gasteiger partial charge in [0.25, 0.3) is 0 Å². The van der Waals surface area contributed by atoms with Gasteiger partial charge in [-0.25, -0.2) is 0 Å². The lowest BCUT2D eigenvalue weighted by atomic mass is 9.43. The van der Waals surface area contributed by atoms with Crippen molar-refractivity contribution in [2.45, 2.75) is 116 Å². The maximum Gasteiger partial charge on any atom is 0.0637 e. The highest BCUT2D eigenvalue weighted by atomic mass is 16.5. The van der Waals surface area contributed by atoms with Gasteiger partial charge in [0.1, 0.15) is 0 Å². The van der Waals surface area contributed by atoms with Crippen molar-refractivity contribution in [3.63, 3.8) is 0 Å². The molecule has 0 bridgehead atoms. The van der Waals surface area contributed by atoms with Crippen LogP contribution in [0.25, 0.3) is 0 Å². The molecule has 4 fully saturated rings. The van der Waals surface area contributed by atoms with E-state index in [1.807, 2.05) is 0 Å². The highest BCUT2D eigenvalue weighted by molar-refractivity contribution is 5.15. The molecule has 0 radical (unpaired) electrons. The molecule has 41 heavy (non-hydrogen) atoms. The Labute approximate surface area is 252 Å². The predicted octanol–water partition coefficient (Wildman–Crippen LogP) is 4.70. The van der Waals surface area contributed by atoms with Gasteiger partial charge in [-0.15, -0.1) is 0 Å². The van der Waals surface area contributed by atoms with Gasteiger partial charge < -0.3 is 36.7 Å². The molecule has 0 aromatic heterocycles. The third-order valence-electron chi connectivity index (χ3n) is 12.6. The van der Waals surface area contributed by atoms with Crippen LogP contribution in [0.1, 0.15) is 97.8 Å². The van der Waals surface area contributed by atoms with Crippen molar-refractivity contribution in [2.24, 2.45) is 63.5 Å². The molecule has 5 unspecified atom stereocenters. The lowest BCUT2D eigenvalue weighted by Gasteiger charge is -2.65. The van der Waals surface area contributed by atoms with Crippen LogP contribution in [0.2, 0.25) is 0 Å². The van der Waals surface area contributed by atoms with Gasteiger partial charge in [0, 0.05) is 25.2 Å². The van der Waals surface area contributed by atoms with E-state index in [9.17, 15) is 0 Å². The first-order valence-electron chi connectivity index (χ1n) is 17.4. The first-order valence-corrected chi connectivity index (χ1v) is 17.4. The molecule has 0 heterocycles. The van der Waals surface area contributed by atoms with E-state index in [2.05, 4.69) is 33.1 Å². The highest BCUT2D eigenvalue weighted by Gasteiger charge is 2.66. The van der Waals surface area contributed by atoms with Gasteiger partial charge in [-0.2, -0.15) is 0 Å². The van der Waals surface area contributed by atoms with Crippen molar-refractivity contribution in [2.75, 3.05) is 53.0 Å². The molecular formula is C34H66N4O3. The molecule has 0 saturated heterocycles. The Hall–Kier alpha value is -0.280. The monoisotopic (exact) mass is 579 g/mol. The molecule has 4 aliphatic carbocycles. The highest BCUT2D eigenvalue weighted by Crippen LogP contribution is 2.69. The zero-order valence-corrected chi connectivity index (χ0v) is 27.1. The Bertz CT molecular complexity index is 772. The summed E-state index contributed by atoms with van der Waals surface area (Å²) in [5, 5.41) is 3.36. The molecule has 0 amide bonds. The molecule has 0 spiro atoms. The van der Waals surface area contributed by atoms with Crippen molar-refractivity contribution in [1.29, 1.82) is 0 Å². The van der Waals surface area contributed by atoms with Crippen molar-refractivity contribution in [1.82, 2.24) is 5.32 Å². The lowest BCUT2D eigenvalue weighted by molar-refractivity contribution is -0.227. The maximum atomic E-state index is 6.95. The fourth-order valence-corrected chi connectivity index (χ4v) is 10.4. The number of fused-ring (bicyclic) bond motifs is 5. The summed E-state index contributed by atoms with van der Waals surface area (Å²) in [6, 6.07) is 0. The van der Waals surface area contributed by atoms with Crippen LogP contribution in [0.15, 0.2) is 0 Å². The van der Waals surface area contributed by atoms with E-state index >= 15 is 0 Å². The second-order valence-electron chi connectivity index (χ2n) is 14.7. The number of nitrogens with two attached hydrogens (primary N) is 3. The number of rotatable bonds is 17. The lowest BCUT2D eigenvalue weighted by Crippen LogP contribution is -2.63. The molecule has 7 heteroatoms. The van der Waals surface area contributed by atoms with Gasteiger partial charge in [-0.1, -0.05) is 20.8 Å². The van der Waals surface area contributed by atoms with Crippen molar-refractivity contribution in [3.05, 3.63) is 0 Å². The van der Waals surface area contributed by atoms with E-state index in [0.29, 0.717) is 78.9 Å². The van der Waals surface area contributed by atoms with Crippen molar-refractivity contribution < 1.29 is 14.2 Å². The molecule has 0 aromatic carbocycles. The second kappa shape index (κ2) is 15.6. The summed E-state index contributed by atoms with van der Waals surface area (Å²) in [6.07, 6.45) is 14.9. The maximum absolute atomic E-state index is 6.95. The van der Waals surface area contributed by atoms with Gasteiger partial charge in [0.15, 0.2) is 0 Å². The van der Waals surface area contributed by atoms with E-state index in [-0.39, 0.29) is 5.41 Å². The third kappa shape index (κ3) is 7.18. The molecule has 4 saturated carbocycles. The summed E-state index contributed by atoms with van der Waals surface area (Å²) in [6.45, 7) is 13.4. The molecular weight excluding hydrogens is 512 g/mol. The van der Waals surface area contributed by atoms with Crippen molar-refractivity contribution in [3.8, 4) is 0 Å². The van der Waals surface area contributed by atoms with Crippen LogP contribution in [0.5, 0.6) is 0 Å². The minimum Gasteiger partial charge on any atom is -0.378 e. The largest absolute Gasteiger partial charge is 0.378 e. The summed E-state index contributed by atoms with van der Waals surface area (Å²) in [7, 11) is 2.07. The quantitative estimate of drug-likeness (QED) is 0.185. The van der Waals surface area contributed by atoms with Crippen LogP contribution in [0.3, 0.4) is 0 Å². The van der Waals surface area contributed by atoms with Gasteiger partial charge in [-0.05, 0) is 151 Å². The van der Waals surface area contributed by atoms with Gasteiger partial charge in [0.2, 0.25) is 0 Å². The van der Waals surface area contributed by atoms with Crippen LogP contribution in [0.4, 0.5) is 0 Å². The average Bonchev–Trinajstić information content (AvgIpc) is 3.32. The molecule has 240 valence electrons. The first kappa shape index (κ1) is 33.6. The number of nitrogens with one attached hydrogen (secondary N) is 1. The Morgan fingerprint density at radius 2 is 1.49 bits per heavy atom. The Morgan fingerprint density at radius 3 is 2.17 bits per heavy atom. The number of hydrogen-bond donors (Lipinski definition) is 4. The standard InChI is InChI=1S/C34H66N4O3/c1-24(9-5-17-38-4)27-10-11-28-32-29(23-31(34(27,28)3)41-20-8-16-37)33(2)13-12-26(39-18-6-14-35)21-25(33)22-30(32)40-19-7-15-36/h24-32,38H,5-23,35-37H2,1-4H3/t24?,25-,26+,27?,28-,29-,30+,31-,32?,33?,34?/m0/s1. The average molecular weight is 579 g/mol. The molecule has 7 nitrogen and oxygen atoms in total. The van der Waals surface area contributed by atoms with E-state index in [0.717, 1.165) is 52.0 Å². The zero-order valence-electron chi connectivity index (χ0n) is 27.1. The van der Waals surface area contributed by atoms with Crippen LogP contribution in [-0.2, 0) is 14.2 Å². The number of hydrogen-bond acceptors (Lipinski definition) is 7. The summed E-state index contributed by atoms with van der Waals surface area (Å²) >= 11 is 0. The summed E-state index contributed by atoms with van der Waals surface area (Å²) in [5.41, 5.74) is 18.1. The molecule has 4 rings (SSSR count). The molecule has 7 N–H and O–H groups in total. The van der Waals surface area contributed by atoms with E-state index in [4.69, 9.17) is 31.4 Å². The minimum absolute atomic E-state index is 0.191. The SMILES string of the molecule is CNCCCC(C)C1CC[C@H]2C3[C@H](OCCCN)C[C@@H]4C[C@H](OCCCN)CCC4(C)[C@H]3C[C@H](OCCCN)C12C. The Balaban J connectivity index is 1.63. The predicted molar refractivity (Wildman–Crippen MR) is 169 cm³/mol. The van der Waals surface area contributed by atoms with E-state index in [1.54, 1.807) is 0 Å². The smallest absolute Gasteiger partial charge is 0.0637 e. The molecule has 4 aliphatic rings. The van der Waals surface area contributed by atoms with Gasteiger partial charge in [-0.3, -0.25) is 0 Å². The van der Waals surface area contributed by atoms with Gasteiger partial charge in [0.05, 0.1) is 18.3 Å². The summed E-state index contributed by atoms with van der Waals surface area (Å²) < 4.78 is 20.2. The normalized spacial score (nSPS) is 41.0.